The number of aromatic nitrogens is 4. The minimum Gasteiger partial charge on any atom is -0.150 e. The summed E-state index contributed by atoms with van der Waals surface area (Å²) in [6.07, 6.45) is 2.93. The highest BCUT2D eigenvalue weighted by atomic mass is 15.1. The molecule has 0 fully saturated rings. The zero-order valence-corrected chi connectivity index (χ0v) is 10.5. The number of benzene rings is 2. The van der Waals surface area contributed by atoms with Crippen LogP contribution in [0.4, 0.5) is 0 Å². The Labute approximate surface area is 115 Å². The molecule has 93 valence electrons. The average Bonchev–Trinajstić information content (AvgIpc) is 2.54. The summed E-state index contributed by atoms with van der Waals surface area (Å²) in [5.41, 5.74) is 3.29. The molecule has 2 aromatic carbocycles. The lowest BCUT2D eigenvalue weighted by molar-refractivity contribution is 1.05. The molecule has 0 saturated carbocycles. The summed E-state index contributed by atoms with van der Waals surface area (Å²) >= 11 is 0. The standard InChI is InChI=1S/C16H9N4/c1-3-7-14-11(5-1)9-16(20-19-14)13-10-17-18-15-8-4-2-6-12(13)15/h1-9H. The molecule has 2 heterocycles. The monoisotopic (exact) mass is 257 g/mol. The van der Waals surface area contributed by atoms with E-state index in [0.717, 1.165) is 33.1 Å². The first kappa shape index (κ1) is 11.0. The Morgan fingerprint density at radius 1 is 0.750 bits per heavy atom. The van der Waals surface area contributed by atoms with Crippen molar-refractivity contribution < 1.29 is 0 Å². The summed E-state index contributed by atoms with van der Waals surface area (Å²) in [6, 6.07) is 17.7. The molecule has 4 aromatic rings. The van der Waals surface area contributed by atoms with Gasteiger partial charge < -0.3 is 0 Å². The first-order valence-corrected chi connectivity index (χ1v) is 6.28. The molecule has 0 saturated heterocycles. The fourth-order valence-corrected chi connectivity index (χ4v) is 2.26. The van der Waals surface area contributed by atoms with Crippen molar-refractivity contribution in [3.8, 4) is 11.3 Å². The van der Waals surface area contributed by atoms with E-state index < -0.39 is 0 Å². The van der Waals surface area contributed by atoms with Crippen LogP contribution in [-0.2, 0) is 0 Å². The van der Waals surface area contributed by atoms with Crippen molar-refractivity contribution >= 4 is 21.8 Å². The molecule has 0 N–H and O–H groups in total. The highest BCUT2D eigenvalue weighted by Gasteiger charge is 2.08. The van der Waals surface area contributed by atoms with E-state index in [4.69, 9.17) is 0 Å². The SMILES string of the molecule is [c]1nnc2ccccc2c1-c1cc2ccccc2nn1. The molecule has 0 bridgehead atoms. The van der Waals surface area contributed by atoms with E-state index in [0.29, 0.717) is 0 Å². The lowest BCUT2D eigenvalue weighted by Crippen LogP contribution is -1.93. The molecular formula is C16H9N4. The van der Waals surface area contributed by atoms with Gasteiger partial charge in [0.05, 0.1) is 16.7 Å². The molecule has 0 atom stereocenters. The van der Waals surface area contributed by atoms with Crippen molar-refractivity contribution in [3.05, 3.63) is 60.8 Å². The summed E-state index contributed by atoms with van der Waals surface area (Å²) in [6.45, 7) is 0. The van der Waals surface area contributed by atoms with E-state index in [1.807, 2.05) is 54.6 Å². The van der Waals surface area contributed by atoms with Crippen LogP contribution in [0.1, 0.15) is 0 Å². The summed E-state index contributed by atoms with van der Waals surface area (Å²) in [5.74, 6) is 0. The molecule has 0 spiro atoms. The van der Waals surface area contributed by atoms with Crippen molar-refractivity contribution in [2.75, 3.05) is 0 Å². The second-order valence-electron chi connectivity index (χ2n) is 4.49. The van der Waals surface area contributed by atoms with Crippen LogP contribution in [0.2, 0.25) is 0 Å². The molecule has 0 aliphatic heterocycles. The molecule has 0 aliphatic carbocycles. The van der Waals surface area contributed by atoms with Crippen LogP contribution in [0.25, 0.3) is 33.1 Å². The van der Waals surface area contributed by atoms with Crippen LogP contribution in [0.15, 0.2) is 54.6 Å². The number of fused-ring (bicyclic) bond motifs is 2. The molecule has 0 amide bonds. The fourth-order valence-electron chi connectivity index (χ4n) is 2.26. The topological polar surface area (TPSA) is 51.6 Å². The van der Waals surface area contributed by atoms with E-state index in [9.17, 15) is 0 Å². The van der Waals surface area contributed by atoms with Crippen molar-refractivity contribution in [2.24, 2.45) is 0 Å². The predicted octanol–water partition coefficient (Wildman–Crippen LogP) is 3.04. The normalized spacial score (nSPS) is 11.0. The Morgan fingerprint density at radius 2 is 1.55 bits per heavy atom. The Kier molecular flexibility index (Phi) is 2.39. The van der Waals surface area contributed by atoms with Gasteiger partial charge in [-0.15, -0.1) is 20.4 Å². The van der Waals surface area contributed by atoms with Crippen molar-refractivity contribution in [1.29, 1.82) is 0 Å². The van der Waals surface area contributed by atoms with Gasteiger partial charge in [-0.25, -0.2) is 0 Å². The Hall–Kier alpha value is -2.88. The third kappa shape index (κ3) is 1.70. The Balaban J connectivity index is 2.01. The van der Waals surface area contributed by atoms with Crippen molar-refractivity contribution in [2.45, 2.75) is 0 Å². The Bertz CT molecular complexity index is 913. The van der Waals surface area contributed by atoms with Gasteiger partial charge in [0.15, 0.2) is 0 Å². The largest absolute Gasteiger partial charge is 0.150 e. The van der Waals surface area contributed by atoms with Gasteiger partial charge >= 0.3 is 0 Å². The zero-order valence-electron chi connectivity index (χ0n) is 10.5. The van der Waals surface area contributed by atoms with Crippen LogP contribution in [0.5, 0.6) is 0 Å². The van der Waals surface area contributed by atoms with Gasteiger partial charge in [0, 0.05) is 16.3 Å². The summed E-state index contributed by atoms with van der Waals surface area (Å²) in [4.78, 5) is 0. The van der Waals surface area contributed by atoms with Crippen molar-refractivity contribution in [1.82, 2.24) is 20.4 Å². The van der Waals surface area contributed by atoms with Crippen LogP contribution in [-0.4, -0.2) is 20.4 Å². The van der Waals surface area contributed by atoms with Crippen molar-refractivity contribution in [3.63, 3.8) is 0 Å². The van der Waals surface area contributed by atoms with Gasteiger partial charge in [0.25, 0.3) is 0 Å². The van der Waals surface area contributed by atoms with Gasteiger partial charge in [-0.3, -0.25) is 0 Å². The van der Waals surface area contributed by atoms with Crippen LogP contribution in [0.3, 0.4) is 0 Å². The Morgan fingerprint density at radius 3 is 2.50 bits per heavy atom. The highest BCUT2D eigenvalue weighted by molar-refractivity contribution is 5.94. The van der Waals surface area contributed by atoms with E-state index in [-0.39, 0.29) is 0 Å². The zero-order chi connectivity index (χ0) is 13.4. The molecule has 4 nitrogen and oxygen atoms in total. The summed E-state index contributed by atoms with van der Waals surface area (Å²) < 4.78 is 0. The van der Waals surface area contributed by atoms with Crippen LogP contribution < -0.4 is 0 Å². The van der Waals surface area contributed by atoms with E-state index in [1.165, 1.54) is 0 Å². The van der Waals surface area contributed by atoms with Gasteiger partial charge in [-0.05, 0) is 18.2 Å². The predicted molar refractivity (Wildman–Crippen MR) is 76.9 cm³/mol. The van der Waals surface area contributed by atoms with Gasteiger partial charge in [0.1, 0.15) is 6.20 Å². The second-order valence-corrected chi connectivity index (χ2v) is 4.49. The van der Waals surface area contributed by atoms with Crippen LogP contribution in [0, 0.1) is 6.20 Å². The molecule has 4 rings (SSSR count). The third-order valence-corrected chi connectivity index (χ3v) is 3.24. The maximum Gasteiger partial charge on any atom is 0.124 e. The van der Waals surface area contributed by atoms with Gasteiger partial charge in [-0.2, -0.15) is 0 Å². The van der Waals surface area contributed by atoms with Crippen LogP contribution >= 0.6 is 0 Å². The molecule has 1 radical (unpaired) electrons. The highest BCUT2D eigenvalue weighted by Crippen LogP contribution is 2.25. The molecule has 20 heavy (non-hydrogen) atoms. The minimum atomic E-state index is 0.759. The van der Waals surface area contributed by atoms with E-state index in [1.54, 1.807) is 0 Å². The van der Waals surface area contributed by atoms with E-state index >= 15 is 0 Å². The smallest absolute Gasteiger partial charge is 0.124 e. The van der Waals surface area contributed by atoms with Gasteiger partial charge in [-0.1, -0.05) is 36.4 Å². The third-order valence-electron chi connectivity index (χ3n) is 3.24. The molecule has 4 heteroatoms. The molecule has 0 aliphatic rings. The lowest BCUT2D eigenvalue weighted by Gasteiger charge is -2.04. The first-order valence-electron chi connectivity index (χ1n) is 6.28. The molecular weight excluding hydrogens is 248 g/mol. The fraction of sp³-hybridized carbons (Fsp3) is 0. The van der Waals surface area contributed by atoms with E-state index in [2.05, 4.69) is 26.6 Å². The molecule has 2 aromatic heterocycles. The van der Waals surface area contributed by atoms with Gasteiger partial charge in [0.2, 0.25) is 0 Å². The number of hydrogen-bond acceptors (Lipinski definition) is 4. The average molecular weight is 257 g/mol. The summed E-state index contributed by atoms with van der Waals surface area (Å²) in [7, 11) is 0. The quantitative estimate of drug-likeness (QED) is 0.526. The maximum atomic E-state index is 4.28. The lowest BCUT2D eigenvalue weighted by atomic mass is 10.1. The second kappa shape index (κ2) is 4.35. The number of rotatable bonds is 1. The minimum absolute atomic E-state index is 0.759. The molecule has 0 unspecified atom stereocenters. The first-order chi connectivity index (χ1) is 9.92. The maximum absolute atomic E-state index is 4.28. The number of hydrogen-bond donors (Lipinski definition) is 0. The number of nitrogens with zero attached hydrogens (tertiary/aromatic N) is 4. The summed E-state index contributed by atoms with van der Waals surface area (Å²) in [5, 5.41) is 18.6.